The molecule has 0 unspecified atom stereocenters. The molecule has 0 aliphatic heterocycles. The van der Waals surface area contributed by atoms with Crippen LogP contribution < -0.4 is 9.47 Å². The van der Waals surface area contributed by atoms with Gasteiger partial charge in [0, 0.05) is 0 Å². The highest BCUT2D eigenvalue weighted by Crippen LogP contribution is 2.31. The highest BCUT2D eigenvalue weighted by molar-refractivity contribution is 5.89. The van der Waals surface area contributed by atoms with E-state index in [0.717, 1.165) is 0 Å². The monoisotopic (exact) mass is 284 g/mol. The van der Waals surface area contributed by atoms with Crippen molar-refractivity contribution >= 4 is 5.97 Å². The van der Waals surface area contributed by atoms with E-state index in [4.69, 9.17) is 9.47 Å². The Bertz CT molecular complexity index is 617. The largest absolute Gasteiger partial charge is 0.486 e. The lowest BCUT2D eigenvalue weighted by atomic mass is 10.2. The van der Waals surface area contributed by atoms with Gasteiger partial charge >= 0.3 is 5.97 Å². The van der Waals surface area contributed by atoms with Gasteiger partial charge in [0.25, 0.3) is 0 Å². The number of ether oxygens (including phenoxy) is 3. The van der Waals surface area contributed by atoms with E-state index in [1.807, 2.05) is 24.3 Å². The van der Waals surface area contributed by atoms with Crippen LogP contribution >= 0.6 is 0 Å². The number of para-hydroxylation sites is 2. The molecule has 0 saturated heterocycles. The third-order valence-corrected chi connectivity index (χ3v) is 2.71. The van der Waals surface area contributed by atoms with Crippen molar-refractivity contribution in [1.82, 2.24) is 0 Å². The number of benzene rings is 2. The Hall–Kier alpha value is -2.75. The molecule has 0 spiro atoms. The fraction of sp³-hybridized carbons (Fsp3) is 0.118. The van der Waals surface area contributed by atoms with Gasteiger partial charge in [0.2, 0.25) is 0 Å². The highest BCUT2D eigenvalue weighted by atomic mass is 16.5. The molecular weight excluding hydrogens is 268 g/mol. The number of hydrogen-bond acceptors (Lipinski definition) is 4. The van der Waals surface area contributed by atoms with Gasteiger partial charge in [-0.05, 0) is 36.4 Å². The van der Waals surface area contributed by atoms with Crippen LogP contribution in [0.15, 0.2) is 61.2 Å². The minimum atomic E-state index is -0.378. The summed E-state index contributed by atoms with van der Waals surface area (Å²) in [5.41, 5.74) is 0.473. The normalized spacial score (nSPS) is 9.76. The van der Waals surface area contributed by atoms with E-state index in [-0.39, 0.29) is 5.97 Å². The van der Waals surface area contributed by atoms with Crippen LogP contribution in [0.3, 0.4) is 0 Å². The average molecular weight is 284 g/mol. The number of carbonyl (C=O) groups excluding carboxylic acids is 1. The van der Waals surface area contributed by atoms with Crippen LogP contribution in [0.2, 0.25) is 0 Å². The van der Waals surface area contributed by atoms with Crippen molar-refractivity contribution in [3.63, 3.8) is 0 Å². The smallest absolute Gasteiger partial charge is 0.337 e. The SMILES string of the molecule is C=CCOc1ccccc1Oc1ccc(C(=O)OC)cc1. The van der Waals surface area contributed by atoms with Gasteiger partial charge in [-0.2, -0.15) is 0 Å². The Kier molecular flexibility index (Phi) is 4.99. The third kappa shape index (κ3) is 3.86. The maximum Gasteiger partial charge on any atom is 0.337 e. The van der Waals surface area contributed by atoms with Gasteiger partial charge in [-0.3, -0.25) is 0 Å². The van der Waals surface area contributed by atoms with Crippen LogP contribution in [-0.2, 0) is 4.74 Å². The standard InChI is InChI=1S/C17H16O4/c1-3-12-20-15-6-4-5-7-16(15)21-14-10-8-13(9-11-14)17(18)19-2/h3-11H,1,12H2,2H3. The summed E-state index contributed by atoms with van der Waals surface area (Å²) in [6, 6.07) is 14.1. The van der Waals surface area contributed by atoms with E-state index in [2.05, 4.69) is 11.3 Å². The summed E-state index contributed by atoms with van der Waals surface area (Å²) in [5.74, 6) is 1.47. The number of esters is 1. The molecule has 4 nitrogen and oxygen atoms in total. The van der Waals surface area contributed by atoms with E-state index >= 15 is 0 Å². The zero-order valence-corrected chi connectivity index (χ0v) is 11.7. The van der Waals surface area contributed by atoms with Gasteiger partial charge in [0.1, 0.15) is 12.4 Å². The lowest BCUT2D eigenvalue weighted by Crippen LogP contribution is -2.00. The summed E-state index contributed by atoms with van der Waals surface area (Å²) in [5, 5.41) is 0. The number of rotatable bonds is 6. The molecule has 21 heavy (non-hydrogen) atoms. The van der Waals surface area contributed by atoms with E-state index < -0.39 is 0 Å². The van der Waals surface area contributed by atoms with Crippen LogP contribution in [0.1, 0.15) is 10.4 Å². The molecule has 2 rings (SSSR count). The number of carbonyl (C=O) groups is 1. The molecule has 0 amide bonds. The van der Waals surface area contributed by atoms with E-state index in [0.29, 0.717) is 29.4 Å². The van der Waals surface area contributed by atoms with Gasteiger partial charge in [0.15, 0.2) is 11.5 Å². The lowest BCUT2D eigenvalue weighted by Gasteiger charge is -2.11. The van der Waals surface area contributed by atoms with Crippen LogP contribution in [0, 0.1) is 0 Å². The molecule has 2 aromatic carbocycles. The fourth-order valence-electron chi connectivity index (χ4n) is 1.71. The topological polar surface area (TPSA) is 44.8 Å². The Morgan fingerprint density at radius 3 is 2.38 bits per heavy atom. The summed E-state index contributed by atoms with van der Waals surface area (Å²) in [7, 11) is 1.35. The van der Waals surface area contributed by atoms with Crippen molar-refractivity contribution < 1.29 is 19.0 Å². The summed E-state index contributed by atoms with van der Waals surface area (Å²) >= 11 is 0. The number of methoxy groups -OCH3 is 1. The molecule has 0 fully saturated rings. The van der Waals surface area contributed by atoms with Crippen LogP contribution in [0.25, 0.3) is 0 Å². The number of hydrogen-bond donors (Lipinski definition) is 0. The maximum absolute atomic E-state index is 11.4. The van der Waals surface area contributed by atoms with Gasteiger partial charge in [-0.25, -0.2) is 4.79 Å². The quantitative estimate of drug-likeness (QED) is 0.597. The third-order valence-electron chi connectivity index (χ3n) is 2.71. The van der Waals surface area contributed by atoms with Gasteiger partial charge in [0.05, 0.1) is 12.7 Å². The molecule has 108 valence electrons. The van der Waals surface area contributed by atoms with E-state index in [1.54, 1.807) is 30.3 Å². The Labute approximate surface area is 123 Å². The molecule has 2 aromatic rings. The first kappa shape index (κ1) is 14.7. The van der Waals surface area contributed by atoms with E-state index in [1.165, 1.54) is 7.11 Å². The van der Waals surface area contributed by atoms with Gasteiger partial charge < -0.3 is 14.2 Å². The fourth-order valence-corrected chi connectivity index (χ4v) is 1.71. The molecule has 0 saturated carbocycles. The second-order valence-electron chi connectivity index (χ2n) is 4.16. The van der Waals surface area contributed by atoms with Crippen LogP contribution in [0.5, 0.6) is 17.2 Å². The summed E-state index contributed by atoms with van der Waals surface area (Å²) in [6.45, 7) is 4.02. The Morgan fingerprint density at radius 2 is 1.76 bits per heavy atom. The summed E-state index contributed by atoms with van der Waals surface area (Å²) in [6.07, 6.45) is 1.67. The van der Waals surface area contributed by atoms with Crippen molar-refractivity contribution in [3.05, 3.63) is 66.7 Å². The van der Waals surface area contributed by atoms with Crippen molar-refractivity contribution in [3.8, 4) is 17.2 Å². The molecule has 0 bridgehead atoms. The molecule has 0 aliphatic carbocycles. The van der Waals surface area contributed by atoms with Crippen LogP contribution in [-0.4, -0.2) is 19.7 Å². The molecule has 0 aliphatic rings. The maximum atomic E-state index is 11.4. The van der Waals surface area contributed by atoms with Crippen molar-refractivity contribution in [2.24, 2.45) is 0 Å². The average Bonchev–Trinajstić information content (AvgIpc) is 2.54. The zero-order chi connectivity index (χ0) is 15.1. The van der Waals surface area contributed by atoms with Gasteiger partial charge in [-0.1, -0.05) is 24.8 Å². The summed E-state index contributed by atoms with van der Waals surface area (Å²) < 4.78 is 15.9. The molecule has 0 aromatic heterocycles. The second kappa shape index (κ2) is 7.14. The molecule has 0 radical (unpaired) electrons. The molecule has 0 atom stereocenters. The first-order valence-electron chi connectivity index (χ1n) is 6.43. The lowest BCUT2D eigenvalue weighted by molar-refractivity contribution is 0.0600. The molecule has 0 N–H and O–H groups in total. The van der Waals surface area contributed by atoms with E-state index in [9.17, 15) is 4.79 Å². The first-order valence-corrected chi connectivity index (χ1v) is 6.43. The minimum Gasteiger partial charge on any atom is -0.486 e. The van der Waals surface area contributed by atoms with Crippen molar-refractivity contribution in [1.29, 1.82) is 0 Å². The molecular formula is C17H16O4. The predicted octanol–water partition coefficient (Wildman–Crippen LogP) is 3.83. The highest BCUT2D eigenvalue weighted by Gasteiger charge is 2.07. The minimum absolute atomic E-state index is 0.378. The molecule has 4 heteroatoms. The van der Waals surface area contributed by atoms with Gasteiger partial charge in [-0.15, -0.1) is 0 Å². The zero-order valence-electron chi connectivity index (χ0n) is 11.7. The summed E-state index contributed by atoms with van der Waals surface area (Å²) in [4.78, 5) is 11.4. The second-order valence-corrected chi connectivity index (χ2v) is 4.16. The Morgan fingerprint density at radius 1 is 1.10 bits per heavy atom. The first-order chi connectivity index (χ1) is 10.2. The Balaban J connectivity index is 2.14. The van der Waals surface area contributed by atoms with Crippen LogP contribution in [0.4, 0.5) is 0 Å². The van der Waals surface area contributed by atoms with Crippen molar-refractivity contribution in [2.45, 2.75) is 0 Å². The molecule has 0 heterocycles. The van der Waals surface area contributed by atoms with Crippen molar-refractivity contribution in [2.75, 3.05) is 13.7 Å². The predicted molar refractivity (Wildman–Crippen MR) is 80.0 cm³/mol.